The third-order valence-corrected chi connectivity index (χ3v) is 5.92. The van der Waals surface area contributed by atoms with E-state index in [4.69, 9.17) is 0 Å². The quantitative estimate of drug-likeness (QED) is 0.630. The van der Waals surface area contributed by atoms with E-state index < -0.39 is 0 Å². The van der Waals surface area contributed by atoms with Crippen LogP contribution in [0.4, 0.5) is 5.69 Å². The van der Waals surface area contributed by atoms with Gasteiger partial charge >= 0.3 is 0 Å². The van der Waals surface area contributed by atoms with Gasteiger partial charge < -0.3 is 9.80 Å². The SMILES string of the molecule is C[C@H]1C[C@H](C)C[NH+](C2CC[NH+](Cc3ccccc3[N+](=O)[O-])CC2)C1. The van der Waals surface area contributed by atoms with Crippen molar-refractivity contribution < 1.29 is 14.7 Å². The predicted octanol–water partition coefficient (Wildman–Crippen LogP) is 0.703. The maximum absolute atomic E-state index is 11.2. The predicted molar refractivity (Wildman–Crippen MR) is 94.2 cm³/mol. The lowest BCUT2D eigenvalue weighted by Gasteiger charge is -2.39. The smallest absolute Gasteiger partial charge is 0.278 e. The topological polar surface area (TPSA) is 52.0 Å². The van der Waals surface area contributed by atoms with E-state index in [1.165, 1.54) is 37.3 Å². The Labute approximate surface area is 144 Å². The molecule has 2 fully saturated rings. The summed E-state index contributed by atoms with van der Waals surface area (Å²) in [6.07, 6.45) is 3.89. The summed E-state index contributed by atoms with van der Waals surface area (Å²) in [6.45, 7) is 10.5. The van der Waals surface area contributed by atoms with E-state index in [-0.39, 0.29) is 10.6 Å². The zero-order valence-electron chi connectivity index (χ0n) is 15.0. The average Bonchev–Trinajstić information content (AvgIpc) is 2.55. The van der Waals surface area contributed by atoms with E-state index in [0.29, 0.717) is 0 Å². The van der Waals surface area contributed by atoms with Crippen molar-refractivity contribution in [3.05, 3.63) is 39.9 Å². The van der Waals surface area contributed by atoms with Gasteiger partial charge in [-0.05, 0) is 12.5 Å². The number of para-hydroxylation sites is 1. The summed E-state index contributed by atoms with van der Waals surface area (Å²) in [7, 11) is 0. The van der Waals surface area contributed by atoms with Gasteiger partial charge in [0, 0.05) is 30.7 Å². The van der Waals surface area contributed by atoms with Crippen LogP contribution in [0, 0.1) is 22.0 Å². The Bertz CT molecular complexity index is 559. The zero-order chi connectivity index (χ0) is 17.1. The molecule has 0 aromatic heterocycles. The van der Waals surface area contributed by atoms with Gasteiger partial charge in [0.15, 0.2) is 0 Å². The van der Waals surface area contributed by atoms with Gasteiger partial charge in [0.2, 0.25) is 0 Å². The van der Waals surface area contributed by atoms with E-state index >= 15 is 0 Å². The lowest BCUT2D eigenvalue weighted by atomic mass is 9.89. The summed E-state index contributed by atoms with van der Waals surface area (Å²) < 4.78 is 0. The van der Waals surface area contributed by atoms with Crippen molar-refractivity contribution in [2.24, 2.45) is 11.8 Å². The highest BCUT2D eigenvalue weighted by Crippen LogP contribution is 2.17. The lowest BCUT2D eigenvalue weighted by molar-refractivity contribution is -0.969. The molecule has 0 amide bonds. The molecule has 2 heterocycles. The lowest BCUT2D eigenvalue weighted by Crippen LogP contribution is -3.21. The molecule has 24 heavy (non-hydrogen) atoms. The van der Waals surface area contributed by atoms with Crippen LogP contribution >= 0.6 is 0 Å². The van der Waals surface area contributed by atoms with Crippen molar-refractivity contribution in [2.75, 3.05) is 26.2 Å². The minimum Gasteiger partial charge on any atom is -0.332 e. The first-order chi connectivity index (χ1) is 11.5. The number of nitrogens with one attached hydrogen (secondary N) is 2. The van der Waals surface area contributed by atoms with Crippen LogP contribution in [0.15, 0.2) is 24.3 Å². The number of hydrogen-bond acceptors (Lipinski definition) is 2. The molecule has 2 saturated heterocycles. The molecule has 2 atom stereocenters. The summed E-state index contributed by atoms with van der Waals surface area (Å²) >= 11 is 0. The Hall–Kier alpha value is -1.46. The highest BCUT2D eigenvalue weighted by Gasteiger charge is 2.35. The second kappa shape index (κ2) is 7.62. The molecular formula is C19H31N3O2+2. The highest BCUT2D eigenvalue weighted by atomic mass is 16.6. The number of nitro groups is 1. The van der Waals surface area contributed by atoms with Crippen LogP contribution in [0.2, 0.25) is 0 Å². The number of benzene rings is 1. The normalized spacial score (nSPS) is 34.0. The van der Waals surface area contributed by atoms with Crippen molar-refractivity contribution in [1.29, 1.82) is 0 Å². The molecule has 5 nitrogen and oxygen atoms in total. The number of quaternary nitrogens is 2. The number of nitrogens with zero attached hydrogens (tertiary/aromatic N) is 1. The molecule has 3 rings (SSSR count). The van der Waals surface area contributed by atoms with E-state index in [9.17, 15) is 10.1 Å². The first kappa shape index (κ1) is 17.4. The Balaban J connectivity index is 1.55. The van der Waals surface area contributed by atoms with Gasteiger partial charge in [0.1, 0.15) is 6.54 Å². The molecule has 1 aromatic carbocycles. The third-order valence-electron chi connectivity index (χ3n) is 5.92. The van der Waals surface area contributed by atoms with E-state index in [1.54, 1.807) is 12.1 Å². The number of likely N-dealkylation sites (tertiary alicyclic amines) is 2. The van der Waals surface area contributed by atoms with Gasteiger partial charge in [-0.3, -0.25) is 10.1 Å². The van der Waals surface area contributed by atoms with Gasteiger partial charge in [-0.25, -0.2) is 0 Å². The van der Waals surface area contributed by atoms with Crippen molar-refractivity contribution in [1.82, 2.24) is 0 Å². The summed E-state index contributed by atoms with van der Waals surface area (Å²) in [5, 5.41) is 11.2. The van der Waals surface area contributed by atoms with Crippen molar-refractivity contribution in [3.63, 3.8) is 0 Å². The van der Waals surface area contributed by atoms with Crippen molar-refractivity contribution in [3.8, 4) is 0 Å². The standard InChI is InChI=1S/C19H29N3O2/c1-15-11-16(2)13-21(12-15)18-7-9-20(10-8-18)14-17-5-3-4-6-19(17)22(23)24/h3-6,15-16,18H,7-14H2,1-2H3/p+2/t15-,16-/m0/s1. The summed E-state index contributed by atoms with van der Waals surface area (Å²) in [5.41, 5.74) is 1.15. The maximum Gasteiger partial charge on any atom is 0.278 e. The van der Waals surface area contributed by atoms with Crippen LogP contribution in [0.25, 0.3) is 0 Å². The molecule has 2 aliphatic heterocycles. The average molecular weight is 333 g/mol. The Morgan fingerprint density at radius 1 is 1.12 bits per heavy atom. The van der Waals surface area contributed by atoms with Gasteiger partial charge in [-0.2, -0.15) is 0 Å². The van der Waals surface area contributed by atoms with E-state index in [1.807, 2.05) is 17.0 Å². The van der Waals surface area contributed by atoms with Crippen LogP contribution in [-0.4, -0.2) is 37.1 Å². The minimum atomic E-state index is -0.248. The van der Waals surface area contributed by atoms with E-state index in [0.717, 1.165) is 43.1 Å². The molecule has 0 saturated carbocycles. The Morgan fingerprint density at radius 3 is 2.38 bits per heavy atom. The summed E-state index contributed by atoms with van der Waals surface area (Å²) in [6, 6.07) is 8.00. The van der Waals surface area contributed by atoms with Crippen LogP contribution in [0.5, 0.6) is 0 Å². The van der Waals surface area contributed by atoms with E-state index in [2.05, 4.69) is 13.8 Å². The number of nitro benzene ring substituents is 1. The molecule has 2 N–H and O–H groups in total. The maximum atomic E-state index is 11.2. The fourth-order valence-electron chi connectivity index (χ4n) is 4.88. The molecule has 0 radical (unpaired) electrons. The third kappa shape index (κ3) is 4.14. The van der Waals surface area contributed by atoms with Gasteiger partial charge in [0.05, 0.1) is 42.7 Å². The second-order valence-corrected chi connectivity index (χ2v) is 8.10. The van der Waals surface area contributed by atoms with Crippen LogP contribution < -0.4 is 9.80 Å². The molecule has 0 unspecified atom stereocenters. The molecule has 0 bridgehead atoms. The van der Waals surface area contributed by atoms with Crippen LogP contribution in [-0.2, 0) is 6.54 Å². The van der Waals surface area contributed by atoms with Crippen LogP contribution in [0.1, 0.15) is 38.7 Å². The first-order valence-corrected chi connectivity index (χ1v) is 9.43. The Kier molecular flexibility index (Phi) is 5.51. The molecule has 1 aromatic rings. The second-order valence-electron chi connectivity index (χ2n) is 8.10. The van der Waals surface area contributed by atoms with Gasteiger partial charge in [-0.15, -0.1) is 0 Å². The molecule has 2 aliphatic rings. The molecule has 0 spiro atoms. The fourth-order valence-corrected chi connectivity index (χ4v) is 4.88. The highest BCUT2D eigenvalue weighted by molar-refractivity contribution is 5.39. The van der Waals surface area contributed by atoms with Gasteiger partial charge in [0.25, 0.3) is 5.69 Å². The monoisotopic (exact) mass is 333 g/mol. The van der Waals surface area contributed by atoms with Crippen LogP contribution in [0.3, 0.4) is 0 Å². The summed E-state index contributed by atoms with van der Waals surface area (Å²) in [5.74, 6) is 1.70. The number of rotatable bonds is 4. The van der Waals surface area contributed by atoms with Gasteiger partial charge in [-0.1, -0.05) is 26.0 Å². The van der Waals surface area contributed by atoms with Crippen molar-refractivity contribution in [2.45, 2.75) is 45.7 Å². The first-order valence-electron chi connectivity index (χ1n) is 9.43. The number of piperidine rings is 2. The molecular weight excluding hydrogens is 302 g/mol. The molecule has 132 valence electrons. The Morgan fingerprint density at radius 2 is 1.75 bits per heavy atom. The van der Waals surface area contributed by atoms with Crippen molar-refractivity contribution >= 4 is 5.69 Å². The number of hydrogen-bond donors (Lipinski definition) is 2. The fraction of sp³-hybridized carbons (Fsp3) is 0.684. The zero-order valence-corrected chi connectivity index (χ0v) is 15.0. The molecule has 0 aliphatic carbocycles. The minimum absolute atomic E-state index is 0.248. The summed E-state index contributed by atoms with van der Waals surface area (Å²) in [4.78, 5) is 14.2. The molecule has 5 heteroatoms. The largest absolute Gasteiger partial charge is 0.332 e.